The van der Waals surface area contributed by atoms with Crippen LogP contribution in [0.2, 0.25) is 0 Å². The third kappa shape index (κ3) is 4.48. The van der Waals surface area contributed by atoms with Gasteiger partial charge in [0.05, 0.1) is 42.2 Å². The van der Waals surface area contributed by atoms with E-state index in [9.17, 15) is 9.59 Å². The molecule has 3 heterocycles. The van der Waals surface area contributed by atoms with Gasteiger partial charge in [-0.2, -0.15) is 0 Å². The van der Waals surface area contributed by atoms with Crippen LogP contribution in [0.4, 0.5) is 0 Å². The molecule has 0 spiro atoms. The lowest BCUT2D eigenvalue weighted by atomic mass is 9.95. The highest BCUT2D eigenvalue weighted by Crippen LogP contribution is 2.36. The SMILES string of the molecule is CCOC(=O)C1=C(C)N=c2s/c(=C\c3ccc4c(c3)OCO4)c(=O)n2C1c1ccc(OC)c(OCC)c1. The molecular formula is C27H26N2O7S. The second-order valence-corrected chi connectivity index (χ2v) is 9.27. The number of aromatic nitrogens is 1. The quantitative estimate of drug-likeness (QED) is 0.440. The lowest BCUT2D eigenvalue weighted by molar-refractivity contribution is -0.139. The molecule has 2 aliphatic rings. The van der Waals surface area contributed by atoms with Gasteiger partial charge in [-0.1, -0.05) is 23.5 Å². The number of methoxy groups -OCH3 is 1. The van der Waals surface area contributed by atoms with Gasteiger partial charge in [-0.05, 0) is 62.2 Å². The molecule has 9 nitrogen and oxygen atoms in total. The number of benzene rings is 2. The number of allylic oxidation sites excluding steroid dienone is 1. The highest BCUT2D eigenvalue weighted by Gasteiger charge is 2.34. The fourth-order valence-electron chi connectivity index (χ4n) is 4.39. The fraction of sp³-hybridized carbons (Fsp3) is 0.296. The van der Waals surface area contributed by atoms with Crippen LogP contribution in [0.3, 0.4) is 0 Å². The molecule has 1 aromatic heterocycles. The summed E-state index contributed by atoms with van der Waals surface area (Å²) in [6, 6.07) is 10.1. The van der Waals surface area contributed by atoms with Gasteiger partial charge in [0.2, 0.25) is 6.79 Å². The van der Waals surface area contributed by atoms with Crippen LogP contribution in [0.25, 0.3) is 6.08 Å². The van der Waals surface area contributed by atoms with Crippen molar-refractivity contribution in [3.05, 3.63) is 78.5 Å². The lowest BCUT2D eigenvalue weighted by Gasteiger charge is -2.25. The summed E-state index contributed by atoms with van der Waals surface area (Å²) in [5.74, 6) is 1.84. The van der Waals surface area contributed by atoms with Crippen LogP contribution >= 0.6 is 11.3 Å². The van der Waals surface area contributed by atoms with Crippen molar-refractivity contribution in [2.24, 2.45) is 4.99 Å². The zero-order valence-electron chi connectivity index (χ0n) is 20.9. The Morgan fingerprint density at radius 1 is 1.14 bits per heavy atom. The Morgan fingerprint density at radius 2 is 1.95 bits per heavy atom. The molecule has 10 heteroatoms. The number of carbonyl (C=O) groups excluding carboxylic acids is 1. The average molecular weight is 523 g/mol. The van der Waals surface area contributed by atoms with Gasteiger partial charge in [0.15, 0.2) is 27.8 Å². The van der Waals surface area contributed by atoms with Crippen LogP contribution in [-0.2, 0) is 9.53 Å². The first-order chi connectivity index (χ1) is 17.9. The molecule has 0 aliphatic carbocycles. The maximum absolute atomic E-state index is 13.8. The molecule has 1 atom stereocenters. The van der Waals surface area contributed by atoms with E-state index < -0.39 is 12.0 Å². The Balaban J connectivity index is 1.70. The molecule has 192 valence electrons. The maximum Gasteiger partial charge on any atom is 0.338 e. The van der Waals surface area contributed by atoms with Crippen molar-refractivity contribution in [2.45, 2.75) is 26.8 Å². The molecule has 5 rings (SSSR count). The van der Waals surface area contributed by atoms with Crippen molar-refractivity contribution in [3.8, 4) is 23.0 Å². The van der Waals surface area contributed by atoms with Crippen molar-refractivity contribution in [1.29, 1.82) is 0 Å². The molecule has 0 N–H and O–H groups in total. The van der Waals surface area contributed by atoms with Gasteiger partial charge >= 0.3 is 5.97 Å². The van der Waals surface area contributed by atoms with E-state index in [1.807, 2.05) is 31.2 Å². The Hall–Kier alpha value is -4.05. The summed E-state index contributed by atoms with van der Waals surface area (Å²) in [6.07, 6.45) is 1.78. The summed E-state index contributed by atoms with van der Waals surface area (Å²) in [5.41, 5.74) is 1.99. The number of esters is 1. The monoisotopic (exact) mass is 522 g/mol. The Kier molecular flexibility index (Phi) is 6.75. The van der Waals surface area contributed by atoms with E-state index in [1.165, 1.54) is 11.3 Å². The van der Waals surface area contributed by atoms with Gasteiger partial charge in [-0.25, -0.2) is 9.79 Å². The summed E-state index contributed by atoms with van der Waals surface area (Å²) in [4.78, 5) is 32.0. The van der Waals surface area contributed by atoms with Gasteiger partial charge in [-0.3, -0.25) is 9.36 Å². The minimum atomic E-state index is -0.751. The number of ether oxygens (including phenoxy) is 5. The molecule has 0 saturated heterocycles. The van der Waals surface area contributed by atoms with E-state index in [4.69, 9.17) is 23.7 Å². The van der Waals surface area contributed by atoms with Crippen LogP contribution < -0.4 is 33.8 Å². The highest BCUT2D eigenvalue weighted by atomic mass is 32.1. The minimum Gasteiger partial charge on any atom is -0.493 e. The Bertz CT molecular complexity index is 1580. The minimum absolute atomic E-state index is 0.169. The zero-order valence-corrected chi connectivity index (χ0v) is 21.7. The van der Waals surface area contributed by atoms with Crippen LogP contribution in [0.1, 0.15) is 37.9 Å². The largest absolute Gasteiger partial charge is 0.493 e. The van der Waals surface area contributed by atoms with Crippen molar-refractivity contribution in [1.82, 2.24) is 4.57 Å². The first kappa shape index (κ1) is 24.6. The predicted octanol–water partition coefficient (Wildman–Crippen LogP) is 2.93. The predicted molar refractivity (Wildman–Crippen MR) is 137 cm³/mol. The number of carbonyl (C=O) groups is 1. The van der Waals surface area contributed by atoms with Crippen LogP contribution in [0.5, 0.6) is 23.0 Å². The van der Waals surface area contributed by atoms with Crippen molar-refractivity contribution < 1.29 is 28.5 Å². The summed E-state index contributed by atoms with van der Waals surface area (Å²) in [5, 5.41) is 0. The summed E-state index contributed by atoms with van der Waals surface area (Å²) >= 11 is 1.26. The van der Waals surface area contributed by atoms with Crippen LogP contribution in [0, 0.1) is 0 Å². The highest BCUT2D eigenvalue weighted by molar-refractivity contribution is 7.07. The van der Waals surface area contributed by atoms with E-state index in [1.54, 1.807) is 43.7 Å². The van der Waals surface area contributed by atoms with E-state index in [0.29, 0.717) is 55.8 Å². The van der Waals surface area contributed by atoms with E-state index in [0.717, 1.165) is 5.56 Å². The second kappa shape index (κ2) is 10.1. The number of rotatable bonds is 7. The van der Waals surface area contributed by atoms with Gasteiger partial charge < -0.3 is 23.7 Å². The maximum atomic E-state index is 13.8. The Labute approximate surface area is 216 Å². The molecule has 2 aliphatic heterocycles. The molecular weight excluding hydrogens is 496 g/mol. The van der Waals surface area contributed by atoms with Gasteiger partial charge in [0.1, 0.15) is 0 Å². The molecule has 3 aromatic rings. The topological polar surface area (TPSA) is 97.6 Å². The van der Waals surface area contributed by atoms with Crippen LogP contribution in [0.15, 0.2) is 57.5 Å². The summed E-state index contributed by atoms with van der Waals surface area (Å²) < 4.78 is 29.4. The van der Waals surface area contributed by atoms with Crippen molar-refractivity contribution >= 4 is 23.4 Å². The molecule has 2 aromatic carbocycles. The van der Waals surface area contributed by atoms with E-state index in [-0.39, 0.29) is 19.0 Å². The van der Waals surface area contributed by atoms with Gasteiger partial charge in [-0.15, -0.1) is 0 Å². The van der Waals surface area contributed by atoms with E-state index >= 15 is 0 Å². The zero-order chi connectivity index (χ0) is 26.1. The standard InChI is InChI=1S/C27H26N2O7S/c1-5-33-21-13-17(8-10-18(21)32-4)24-23(26(31)34-6-2)15(3)28-27-29(24)25(30)22(37-27)12-16-7-9-19-20(11-16)36-14-35-19/h7-13,24H,5-6,14H2,1-4H3/b22-12-. The van der Waals surface area contributed by atoms with Crippen LogP contribution in [-0.4, -0.2) is 37.7 Å². The normalized spacial score (nSPS) is 16.3. The third-order valence-electron chi connectivity index (χ3n) is 6.01. The molecule has 1 unspecified atom stereocenters. The molecule has 0 saturated carbocycles. The number of nitrogens with zero attached hydrogens (tertiary/aromatic N) is 2. The first-order valence-corrected chi connectivity index (χ1v) is 12.7. The third-order valence-corrected chi connectivity index (χ3v) is 7.00. The smallest absolute Gasteiger partial charge is 0.338 e. The van der Waals surface area contributed by atoms with Crippen molar-refractivity contribution in [2.75, 3.05) is 27.1 Å². The molecule has 0 fully saturated rings. The van der Waals surface area contributed by atoms with Gasteiger partial charge in [0.25, 0.3) is 5.56 Å². The fourth-order valence-corrected chi connectivity index (χ4v) is 5.44. The summed E-state index contributed by atoms with van der Waals surface area (Å²) in [6.45, 7) is 6.16. The molecule has 0 amide bonds. The first-order valence-electron chi connectivity index (χ1n) is 11.8. The number of fused-ring (bicyclic) bond motifs is 2. The number of thiazole rings is 1. The molecule has 37 heavy (non-hydrogen) atoms. The molecule has 0 bridgehead atoms. The second-order valence-electron chi connectivity index (χ2n) is 8.26. The summed E-state index contributed by atoms with van der Waals surface area (Å²) in [7, 11) is 1.56. The number of hydrogen-bond acceptors (Lipinski definition) is 9. The van der Waals surface area contributed by atoms with Crippen molar-refractivity contribution in [3.63, 3.8) is 0 Å². The van der Waals surface area contributed by atoms with Gasteiger partial charge in [0, 0.05) is 0 Å². The lowest BCUT2D eigenvalue weighted by Crippen LogP contribution is -2.40. The number of hydrogen-bond donors (Lipinski definition) is 0. The molecule has 0 radical (unpaired) electrons. The Morgan fingerprint density at radius 3 is 2.70 bits per heavy atom. The average Bonchev–Trinajstić information content (AvgIpc) is 3.47. The van der Waals surface area contributed by atoms with E-state index in [2.05, 4.69) is 4.99 Å².